The van der Waals surface area contributed by atoms with Crippen LogP contribution in [0.15, 0.2) is 137 Å². The number of nitrogens with one attached hydrogen (secondary N) is 1. The predicted octanol–water partition coefficient (Wildman–Crippen LogP) is 6.88. The van der Waals surface area contributed by atoms with Crippen molar-refractivity contribution >= 4 is 38.2 Å². The van der Waals surface area contributed by atoms with Crippen LogP contribution in [0, 0.1) is 10.1 Å². The van der Waals surface area contributed by atoms with Crippen molar-refractivity contribution in [3.63, 3.8) is 0 Å². The lowest BCUT2D eigenvalue weighted by atomic mass is 10.1. The molecule has 1 heterocycles. The van der Waals surface area contributed by atoms with Crippen LogP contribution in [0.1, 0.15) is 23.0 Å². The summed E-state index contributed by atoms with van der Waals surface area (Å²) in [5.41, 5.74) is 2.50. The second-order valence-electron chi connectivity index (χ2n) is 10.1. The Bertz CT molecular complexity index is 2020. The molecule has 1 unspecified atom stereocenters. The average molecular weight is 622 g/mol. The van der Waals surface area contributed by atoms with Crippen molar-refractivity contribution < 1.29 is 13.3 Å². The van der Waals surface area contributed by atoms with E-state index in [9.17, 15) is 18.5 Å². The fraction of sp³-hybridized carbons (Fsp3) is 0.0909. The van der Waals surface area contributed by atoms with Crippen LogP contribution >= 0.6 is 11.8 Å². The van der Waals surface area contributed by atoms with Gasteiger partial charge in [-0.05, 0) is 52.6 Å². The largest absolute Gasteiger partial charge is 0.273 e. The van der Waals surface area contributed by atoms with E-state index in [-0.39, 0.29) is 10.6 Å². The Balaban J connectivity index is 1.43. The van der Waals surface area contributed by atoms with E-state index in [0.717, 1.165) is 21.9 Å². The Morgan fingerprint density at radius 2 is 1.41 bits per heavy atom. The van der Waals surface area contributed by atoms with Gasteiger partial charge < -0.3 is 0 Å². The number of thioether (sulfide) groups is 1. The summed E-state index contributed by atoms with van der Waals surface area (Å²) in [5, 5.41) is 22.6. The number of nitro benzene ring substituents is 1. The lowest BCUT2D eigenvalue weighted by Crippen LogP contribution is -2.32. The Morgan fingerprint density at radius 1 is 0.773 bits per heavy atom. The van der Waals surface area contributed by atoms with Crippen LogP contribution in [-0.4, -0.2) is 28.1 Å². The zero-order valence-electron chi connectivity index (χ0n) is 23.4. The van der Waals surface area contributed by atoms with Gasteiger partial charge in [-0.2, -0.15) is 0 Å². The summed E-state index contributed by atoms with van der Waals surface area (Å²) in [5.74, 6) is 0.959. The van der Waals surface area contributed by atoms with Gasteiger partial charge in [0, 0.05) is 23.6 Å². The van der Waals surface area contributed by atoms with Crippen LogP contribution in [0.4, 0.5) is 5.69 Å². The number of hydrogen-bond acceptors (Lipinski definition) is 7. The van der Waals surface area contributed by atoms with Gasteiger partial charge in [-0.25, -0.2) is 13.1 Å². The molecule has 0 bridgehead atoms. The van der Waals surface area contributed by atoms with Gasteiger partial charge >= 0.3 is 0 Å². The fourth-order valence-electron chi connectivity index (χ4n) is 4.91. The first-order valence-electron chi connectivity index (χ1n) is 13.8. The number of non-ortho nitro benzene ring substituents is 1. The van der Waals surface area contributed by atoms with Crippen molar-refractivity contribution in [2.45, 2.75) is 28.3 Å². The van der Waals surface area contributed by atoms with E-state index in [1.54, 1.807) is 34.9 Å². The summed E-state index contributed by atoms with van der Waals surface area (Å²) < 4.78 is 32.4. The fourth-order valence-corrected chi connectivity index (χ4v) is 7.06. The zero-order valence-corrected chi connectivity index (χ0v) is 25.0. The molecule has 0 spiro atoms. The van der Waals surface area contributed by atoms with Crippen molar-refractivity contribution in [3.8, 4) is 5.69 Å². The van der Waals surface area contributed by atoms with Gasteiger partial charge in [0.25, 0.3) is 5.69 Å². The highest BCUT2D eigenvalue weighted by molar-refractivity contribution is 7.98. The number of rotatable bonds is 11. The van der Waals surface area contributed by atoms with Gasteiger partial charge in [0.05, 0.1) is 15.9 Å². The van der Waals surface area contributed by atoms with Crippen LogP contribution in [0.5, 0.6) is 0 Å². The molecule has 0 saturated carbocycles. The van der Waals surface area contributed by atoms with Crippen molar-refractivity contribution in [2.75, 3.05) is 0 Å². The molecule has 6 aromatic rings. The zero-order chi connectivity index (χ0) is 30.5. The van der Waals surface area contributed by atoms with Crippen molar-refractivity contribution in [1.29, 1.82) is 0 Å². The number of nitro groups is 1. The normalized spacial score (nSPS) is 12.3. The van der Waals surface area contributed by atoms with Gasteiger partial charge in [-0.3, -0.25) is 14.7 Å². The minimum atomic E-state index is -4.01. The summed E-state index contributed by atoms with van der Waals surface area (Å²) in [7, 11) is -4.01. The highest BCUT2D eigenvalue weighted by Crippen LogP contribution is 2.31. The summed E-state index contributed by atoms with van der Waals surface area (Å²) in [6.45, 7) is 0. The number of nitrogens with zero attached hydrogens (tertiary/aromatic N) is 4. The smallest absolute Gasteiger partial charge is 0.269 e. The van der Waals surface area contributed by atoms with Crippen LogP contribution in [-0.2, 0) is 22.2 Å². The van der Waals surface area contributed by atoms with Crippen molar-refractivity contribution in [2.24, 2.45) is 0 Å². The summed E-state index contributed by atoms with van der Waals surface area (Å²) in [6, 6.07) is 37.3. The number of fused-ring (bicyclic) bond motifs is 1. The minimum absolute atomic E-state index is 0.0558. The van der Waals surface area contributed by atoms with Crippen LogP contribution in [0.2, 0.25) is 0 Å². The molecule has 1 atom stereocenters. The standard InChI is InChI=1S/C33H27N5O4S2/c39-38(40)29-18-16-28(17-19-29)37-32(34-35-33(37)43-23-25-11-5-2-6-12-25)31(21-24-9-3-1-4-10-24)36-44(41,42)30-20-15-26-13-7-8-14-27(26)22-30/h1-20,22,31,36H,21,23H2. The molecule has 0 aliphatic rings. The van der Waals surface area contributed by atoms with E-state index >= 15 is 0 Å². The molecule has 1 aromatic heterocycles. The molecule has 1 N–H and O–H groups in total. The van der Waals surface area contributed by atoms with Crippen LogP contribution in [0.3, 0.4) is 0 Å². The van der Waals surface area contributed by atoms with Gasteiger partial charge in [-0.15, -0.1) is 10.2 Å². The maximum Gasteiger partial charge on any atom is 0.269 e. The van der Waals surface area contributed by atoms with Gasteiger partial charge in [0.2, 0.25) is 10.0 Å². The second-order valence-corrected chi connectivity index (χ2v) is 12.8. The Hall–Kier alpha value is -4.84. The minimum Gasteiger partial charge on any atom is -0.273 e. The number of sulfonamides is 1. The van der Waals surface area contributed by atoms with Crippen LogP contribution < -0.4 is 4.72 Å². The highest BCUT2D eigenvalue weighted by Gasteiger charge is 2.28. The molecule has 6 rings (SSSR count). The molecule has 0 amide bonds. The maximum atomic E-state index is 13.9. The van der Waals surface area contributed by atoms with Crippen molar-refractivity contribution in [3.05, 3.63) is 154 Å². The molecule has 0 aliphatic carbocycles. The van der Waals surface area contributed by atoms with E-state index < -0.39 is 21.0 Å². The molecule has 5 aromatic carbocycles. The predicted molar refractivity (Wildman–Crippen MR) is 171 cm³/mol. The van der Waals surface area contributed by atoms with Gasteiger partial charge in [-0.1, -0.05) is 103 Å². The summed E-state index contributed by atoms with van der Waals surface area (Å²) >= 11 is 1.44. The number of hydrogen-bond donors (Lipinski definition) is 1. The van der Waals surface area contributed by atoms with E-state index in [1.807, 2.05) is 84.9 Å². The quantitative estimate of drug-likeness (QED) is 0.0951. The molecule has 0 saturated heterocycles. The lowest BCUT2D eigenvalue weighted by molar-refractivity contribution is -0.384. The van der Waals surface area contributed by atoms with E-state index in [1.165, 1.54) is 23.9 Å². The second kappa shape index (κ2) is 12.8. The molecule has 220 valence electrons. The molecular weight excluding hydrogens is 595 g/mol. The maximum absolute atomic E-state index is 13.9. The molecule has 9 nitrogen and oxygen atoms in total. The molecule has 44 heavy (non-hydrogen) atoms. The first kappa shape index (κ1) is 29.2. The third kappa shape index (κ3) is 6.55. The topological polar surface area (TPSA) is 120 Å². The average Bonchev–Trinajstić information content (AvgIpc) is 3.48. The van der Waals surface area contributed by atoms with Gasteiger partial charge in [0.1, 0.15) is 0 Å². The number of benzene rings is 5. The molecule has 0 radical (unpaired) electrons. The molecule has 11 heteroatoms. The first-order chi connectivity index (χ1) is 21.4. The Kier molecular flexibility index (Phi) is 8.51. The molecule has 0 aliphatic heterocycles. The Morgan fingerprint density at radius 3 is 2.09 bits per heavy atom. The highest BCUT2D eigenvalue weighted by atomic mass is 32.2. The number of aromatic nitrogens is 3. The SMILES string of the molecule is O=[N+]([O-])c1ccc(-n2c(SCc3ccccc3)nnc2C(Cc2ccccc2)NS(=O)(=O)c2ccc3ccccc3c2)cc1. The lowest BCUT2D eigenvalue weighted by Gasteiger charge is -2.20. The van der Waals surface area contributed by atoms with Crippen LogP contribution in [0.25, 0.3) is 16.5 Å². The third-order valence-electron chi connectivity index (χ3n) is 7.11. The molecular formula is C33H27N5O4S2. The summed E-state index contributed by atoms with van der Waals surface area (Å²) in [6.07, 6.45) is 0.294. The summed E-state index contributed by atoms with van der Waals surface area (Å²) in [4.78, 5) is 11.0. The molecule has 0 fully saturated rings. The van der Waals surface area contributed by atoms with E-state index in [2.05, 4.69) is 14.9 Å². The van der Waals surface area contributed by atoms with E-state index in [4.69, 9.17) is 0 Å². The van der Waals surface area contributed by atoms with Gasteiger partial charge in [0.15, 0.2) is 11.0 Å². The third-order valence-corrected chi connectivity index (χ3v) is 9.58. The first-order valence-corrected chi connectivity index (χ1v) is 16.3. The monoisotopic (exact) mass is 621 g/mol. The Labute approximate surface area is 258 Å². The van der Waals surface area contributed by atoms with Crippen molar-refractivity contribution in [1.82, 2.24) is 19.5 Å². The van der Waals surface area contributed by atoms with E-state index in [0.29, 0.717) is 28.8 Å².